The lowest BCUT2D eigenvalue weighted by atomic mass is 9.99. The van der Waals surface area contributed by atoms with Crippen LogP contribution in [0, 0.1) is 5.82 Å². The van der Waals surface area contributed by atoms with Gasteiger partial charge >= 0.3 is 5.97 Å². The topological polar surface area (TPSA) is 144 Å². The first-order valence-electron chi connectivity index (χ1n) is 10.1. The SMILES string of the molecule is CCOC(=O)c1cn(C2CC2)c2c(OC)c(-c3ccc(N)c(S(N)(=O)=O)c3)c(F)cc2c1=O. The number of nitrogens with two attached hydrogens (primary N) is 2. The minimum Gasteiger partial charge on any atom is -0.494 e. The predicted molar refractivity (Wildman–Crippen MR) is 120 cm³/mol. The van der Waals surface area contributed by atoms with Crippen molar-refractivity contribution in [3.63, 3.8) is 0 Å². The molecular formula is C22H22FN3O6S. The van der Waals surface area contributed by atoms with Crippen molar-refractivity contribution in [2.24, 2.45) is 5.14 Å². The Kier molecular flexibility index (Phi) is 5.62. The summed E-state index contributed by atoms with van der Waals surface area (Å²) in [6.07, 6.45) is 3.00. The summed E-state index contributed by atoms with van der Waals surface area (Å²) in [6.45, 7) is 1.70. The van der Waals surface area contributed by atoms with E-state index in [1.54, 1.807) is 11.5 Å². The lowest BCUT2D eigenvalue weighted by molar-refractivity contribution is 0.0524. The van der Waals surface area contributed by atoms with Crippen LogP contribution in [0.4, 0.5) is 10.1 Å². The second-order valence-electron chi connectivity index (χ2n) is 7.69. The van der Waals surface area contributed by atoms with E-state index in [-0.39, 0.29) is 51.1 Å². The van der Waals surface area contributed by atoms with E-state index in [9.17, 15) is 18.0 Å². The third kappa shape index (κ3) is 3.93. The number of rotatable bonds is 6. The van der Waals surface area contributed by atoms with E-state index in [1.165, 1.54) is 25.4 Å². The number of carbonyl (C=O) groups is 1. The molecule has 3 aromatic rings. The van der Waals surface area contributed by atoms with Gasteiger partial charge in [-0.25, -0.2) is 22.7 Å². The van der Waals surface area contributed by atoms with E-state index in [4.69, 9.17) is 20.3 Å². The Hall–Kier alpha value is -3.44. The molecule has 1 aliphatic rings. The number of methoxy groups -OCH3 is 1. The average Bonchev–Trinajstić information content (AvgIpc) is 3.58. The molecule has 33 heavy (non-hydrogen) atoms. The molecule has 0 aliphatic heterocycles. The van der Waals surface area contributed by atoms with Gasteiger partial charge in [-0.3, -0.25) is 4.79 Å². The zero-order valence-corrected chi connectivity index (χ0v) is 18.7. The van der Waals surface area contributed by atoms with E-state index >= 15 is 4.39 Å². The van der Waals surface area contributed by atoms with Crippen LogP contribution in [-0.2, 0) is 14.8 Å². The number of anilines is 1. The number of esters is 1. The smallest absolute Gasteiger partial charge is 0.343 e. The number of fused-ring (bicyclic) bond motifs is 1. The van der Waals surface area contributed by atoms with Crippen LogP contribution >= 0.6 is 0 Å². The molecule has 0 atom stereocenters. The molecule has 0 spiro atoms. The molecule has 4 N–H and O–H groups in total. The molecule has 1 aliphatic carbocycles. The van der Waals surface area contributed by atoms with Crippen molar-refractivity contribution in [3.8, 4) is 16.9 Å². The number of nitrogen functional groups attached to an aromatic ring is 1. The molecule has 4 rings (SSSR count). The zero-order valence-electron chi connectivity index (χ0n) is 17.9. The summed E-state index contributed by atoms with van der Waals surface area (Å²) in [5.74, 6) is -1.61. The number of pyridine rings is 1. The maximum Gasteiger partial charge on any atom is 0.343 e. The average molecular weight is 475 g/mol. The molecular weight excluding hydrogens is 453 g/mol. The standard InChI is InChI=1S/C22H22FN3O6S/c1-3-32-22(28)14-10-26(12-5-6-12)19-13(20(14)27)9-15(23)18(21(19)31-2)11-4-7-16(24)17(8-11)33(25,29)30/h4,7-10,12H,3,5-6,24H2,1-2H3,(H2,25,29,30). The minimum absolute atomic E-state index is 0.0140. The molecule has 1 aromatic heterocycles. The fourth-order valence-electron chi connectivity index (χ4n) is 3.85. The van der Waals surface area contributed by atoms with E-state index in [0.29, 0.717) is 5.52 Å². The largest absolute Gasteiger partial charge is 0.494 e. The van der Waals surface area contributed by atoms with Gasteiger partial charge in [0.15, 0.2) is 5.75 Å². The summed E-state index contributed by atoms with van der Waals surface area (Å²) in [5.41, 5.74) is 5.14. The van der Waals surface area contributed by atoms with Gasteiger partial charge in [-0.05, 0) is 43.5 Å². The fraction of sp³-hybridized carbons (Fsp3) is 0.273. The summed E-state index contributed by atoms with van der Waals surface area (Å²) in [5, 5.41) is 5.19. The van der Waals surface area contributed by atoms with Crippen molar-refractivity contribution in [2.75, 3.05) is 19.5 Å². The number of carbonyl (C=O) groups excluding carboxylic acids is 1. The number of ether oxygens (including phenoxy) is 2. The number of aromatic nitrogens is 1. The molecule has 9 nitrogen and oxygen atoms in total. The van der Waals surface area contributed by atoms with E-state index in [2.05, 4.69) is 0 Å². The summed E-state index contributed by atoms with van der Waals surface area (Å²) in [7, 11) is -2.86. The van der Waals surface area contributed by atoms with Gasteiger partial charge in [-0.1, -0.05) is 6.07 Å². The van der Waals surface area contributed by atoms with Crippen molar-refractivity contribution in [1.82, 2.24) is 4.57 Å². The first-order chi connectivity index (χ1) is 15.6. The lowest BCUT2D eigenvalue weighted by Gasteiger charge is -2.19. The van der Waals surface area contributed by atoms with Crippen LogP contribution in [0.2, 0.25) is 0 Å². The number of hydrogen-bond acceptors (Lipinski definition) is 7. The van der Waals surface area contributed by atoms with Gasteiger partial charge in [0, 0.05) is 12.2 Å². The number of hydrogen-bond donors (Lipinski definition) is 2. The van der Waals surface area contributed by atoms with Gasteiger partial charge in [-0.15, -0.1) is 0 Å². The summed E-state index contributed by atoms with van der Waals surface area (Å²) in [4.78, 5) is 25.1. The number of halogens is 1. The van der Waals surface area contributed by atoms with Crippen molar-refractivity contribution < 1.29 is 27.1 Å². The summed E-state index contributed by atoms with van der Waals surface area (Å²) >= 11 is 0. The number of nitrogens with zero attached hydrogens (tertiary/aromatic N) is 1. The zero-order chi connectivity index (χ0) is 24.1. The van der Waals surface area contributed by atoms with Gasteiger partial charge in [0.25, 0.3) is 0 Å². The Morgan fingerprint density at radius 2 is 1.97 bits per heavy atom. The molecule has 2 aromatic carbocycles. The van der Waals surface area contributed by atoms with Gasteiger partial charge in [0.2, 0.25) is 15.5 Å². The van der Waals surface area contributed by atoms with Crippen LogP contribution in [-0.4, -0.2) is 32.7 Å². The Balaban J connectivity index is 2.09. The van der Waals surface area contributed by atoms with Crippen molar-refractivity contribution in [1.29, 1.82) is 0 Å². The van der Waals surface area contributed by atoms with Crippen LogP contribution in [0.3, 0.4) is 0 Å². The minimum atomic E-state index is -4.17. The van der Waals surface area contributed by atoms with Crippen molar-refractivity contribution in [2.45, 2.75) is 30.7 Å². The molecule has 1 heterocycles. The van der Waals surface area contributed by atoms with Gasteiger partial charge < -0.3 is 19.8 Å². The van der Waals surface area contributed by atoms with Gasteiger partial charge in [-0.2, -0.15) is 0 Å². The Bertz CT molecular complexity index is 1460. The number of primary sulfonamides is 1. The molecule has 11 heteroatoms. The Labute approximate surface area is 188 Å². The van der Waals surface area contributed by atoms with Gasteiger partial charge in [0.05, 0.1) is 35.9 Å². The first kappa shape index (κ1) is 22.7. The van der Waals surface area contributed by atoms with Crippen LogP contribution in [0.25, 0.3) is 22.0 Å². The molecule has 0 amide bonds. The van der Waals surface area contributed by atoms with Crippen LogP contribution in [0.15, 0.2) is 40.2 Å². The van der Waals surface area contributed by atoms with Crippen molar-refractivity contribution >= 4 is 32.6 Å². The summed E-state index contributed by atoms with van der Waals surface area (Å²) in [6, 6.07) is 4.90. The third-order valence-corrected chi connectivity index (χ3v) is 6.44. The second kappa shape index (κ2) is 8.16. The van der Waals surface area contributed by atoms with Crippen molar-refractivity contribution in [3.05, 3.63) is 52.1 Å². The molecule has 1 saturated carbocycles. The molecule has 174 valence electrons. The van der Waals surface area contributed by atoms with E-state index in [1.807, 2.05) is 0 Å². The highest BCUT2D eigenvalue weighted by Gasteiger charge is 2.31. The van der Waals surface area contributed by atoms with E-state index in [0.717, 1.165) is 25.0 Å². The number of benzene rings is 2. The molecule has 0 bridgehead atoms. The molecule has 1 fully saturated rings. The summed E-state index contributed by atoms with van der Waals surface area (Å²) < 4.78 is 51.5. The fourth-order valence-corrected chi connectivity index (χ4v) is 4.54. The Morgan fingerprint density at radius 3 is 2.55 bits per heavy atom. The molecule has 0 saturated heterocycles. The van der Waals surface area contributed by atoms with Crippen LogP contribution in [0.1, 0.15) is 36.2 Å². The maximum absolute atomic E-state index is 15.4. The molecule has 0 unspecified atom stereocenters. The maximum atomic E-state index is 15.4. The van der Waals surface area contributed by atoms with Gasteiger partial charge in [0.1, 0.15) is 16.3 Å². The predicted octanol–water partition coefficient (Wildman–Crippen LogP) is 2.56. The first-order valence-corrected chi connectivity index (χ1v) is 11.7. The highest BCUT2D eigenvalue weighted by molar-refractivity contribution is 7.89. The monoisotopic (exact) mass is 475 g/mol. The highest BCUT2D eigenvalue weighted by Crippen LogP contribution is 2.44. The third-order valence-electron chi connectivity index (χ3n) is 5.47. The Morgan fingerprint density at radius 1 is 1.27 bits per heavy atom. The van der Waals surface area contributed by atoms with Crippen LogP contribution < -0.4 is 21.0 Å². The highest BCUT2D eigenvalue weighted by atomic mass is 32.2. The normalized spacial score (nSPS) is 13.8. The van der Waals surface area contributed by atoms with Crippen LogP contribution in [0.5, 0.6) is 5.75 Å². The second-order valence-corrected chi connectivity index (χ2v) is 9.22. The van der Waals surface area contributed by atoms with E-state index < -0.39 is 27.2 Å². The lowest BCUT2D eigenvalue weighted by Crippen LogP contribution is -2.21. The molecule has 0 radical (unpaired) electrons. The number of sulfonamides is 1. The quantitative estimate of drug-likeness (QED) is 0.412.